The summed E-state index contributed by atoms with van der Waals surface area (Å²) >= 11 is 5.89. The molecule has 1 heterocycles. The number of aryl methyl sites for hydroxylation is 1. The van der Waals surface area contributed by atoms with Crippen molar-refractivity contribution in [2.75, 3.05) is 11.8 Å². The molecule has 0 bridgehead atoms. The Morgan fingerprint density at radius 3 is 2.38 bits per heavy atom. The quantitative estimate of drug-likeness (QED) is 0.695. The minimum absolute atomic E-state index is 0.142. The Kier molecular flexibility index (Phi) is 5.20. The van der Waals surface area contributed by atoms with E-state index in [-0.39, 0.29) is 10.7 Å². The fraction of sp³-hybridized carbons (Fsp3) is 0.167. The van der Waals surface area contributed by atoms with E-state index in [2.05, 4.69) is 9.82 Å². The maximum atomic E-state index is 12.5. The molecule has 0 radical (unpaired) electrons. The monoisotopic (exact) mass is 391 g/mol. The number of sulfonamides is 1. The molecule has 0 atom stereocenters. The van der Waals surface area contributed by atoms with Crippen LogP contribution >= 0.6 is 11.6 Å². The third kappa shape index (κ3) is 4.17. The van der Waals surface area contributed by atoms with Crippen LogP contribution in [-0.4, -0.2) is 25.3 Å². The number of aromatic nitrogens is 2. The number of hydrogen-bond acceptors (Lipinski definition) is 4. The van der Waals surface area contributed by atoms with E-state index < -0.39 is 10.0 Å². The van der Waals surface area contributed by atoms with Crippen LogP contribution in [-0.2, 0) is 16.6 Å². The van der Waals surface area contributed by atoms with Gasteiger partial charge in [-0.3, -0.25) is 9.40 Å². The van der Waals surface area contributed by atoms with Crippen LogP contribution in [0.3, 0.4) is 0 Å². The largest absolute Gasteiger partial charge is 0.497 e. The molecule has 0 amide bonds. The standard InChI is InChI=1S/C18H18ClN3O3S/c1-13-11-18(20-22(13)12-14-3-5-15(19)6-4-14)21-26(23,24)17-9-7-16(25-2)8-10-17/h3-11H,12H2,1-2H3,(H,20,21). The third-order valence-corrected chi connectivity index (χ3v) is 5.46. The highest BCUT2D eigenvalue weighted by Gasteiger charge is 2.16. The van der Waals surface area contributed by atoms with Crippen molar-refractivity contribution >= 4 is 27.4 Å². The average molecular weight is 392 g/mol. The number of benzene rings is 2. The summed E-state index contributed by atoms with van der Waals surface area (Å²) in [5.74, 6) is 0.860. The summed E-state index contributed by atoms with van der Waals surface area (Å²) in [6.07, 6.45) is 0. The highest BCUT2D eigenvalue weighted by Crippen LogP contribution is 2.20. The summed E-state index contributed by atoms with van der Waals surface area (Å²) < 4.78 is 34.3. The molecule has 0 aliphatic carbocycles. The molecule has 3 rings (SSSR count). The zero-order valence-corrected chi connectivity index (χ0v) is 15.9. The molecular weight excluding hydrogens is 374 g/mol. The van der Waals surface area contributed by atoms with Crippen molar-refractivity contribution < 1.29 is 13.2 Å². The van der Waals surface area contributed by atoms with Crippen molar-refractivity contribution in [2.45, 2.75) is 18.4 Å². The van der Waals surface area contributed by atoms with Gasteiger partial charge in [-0.1, -0.05) is 23.7 Å². The number of nitrogens with one attached hydrogen (secondary N) is 1. The van der Waals surface area contributed by atoms with Gasteiger partial charge in [0, 0.05) is 16.8 Å². The molecule has 26 heavy (non-hydrogen) atoms. The number of anilines is 1. The van der Waals surface area contributed by atoms with E-state index in [0.717, 1.165) is 11.3 Å². The summed E-state index contributed by atoms with van der Waals surface area (Å²) in [6.45, 7) is 2.39. The summed E-state index contributed by atoms with van der Waals surface area (Å²) in [6, 6.07) is 15.3. The van der Waals surface area contributed by atoms with Crippen LogP contribution in [0.15, 0.2) is 59.5 Å². The lowest BCUT2D eigenvalue weighted by atomic mass is 10.2. The third-order valence-electron chi connectivity index (χ3n) is 3.84. The Morgan fingerprint density at radius 1 is 1.12 bits per heavy atom. The predicted molar refractivity (Wildman–Crippen MR) is 101 cm³/mol. The van der Waals surface area contributed by atoms with Gasteiger partial charge in [0.2, 0.25) is 0 Å². The first-order valence-electron chi connectivity index (χ1n) is 7.83. The van der Waals surface area contributed by atoms with Crippen LogP contribution in [0.2, 0.25) is 5.02 Å². The van der Waals surface area contributed by atoms with Crippen LogP contribution in [0.4, 0.5) is 5.82 Å². The van der Waals surface area contributed by atoms with Crippen molar-refractivity contribution in [2.24, 2.45) is 0 Å². The maximum absolute atomic E-state index is 12.5. The van der Waals surface area contributed by atoms with E-state index in [4.69, 9.17) is 16.3 Å². The Labute approximate surface area is 157 Å². The van der Waals surface area contributed by atoms with Crippen LogP contribution in [0.25, 0.3) is 0 Å². The van der Waals surface area contributed by atoms with Crippen molar-refractivity contribution in [3.8, 4) is 5.75 Å². The van der Waals surface area contributed by atoms with E-state index in [1.165, 1.54) is 19.2 Å². The lowest BCUT2D eigenvalue weighted by Crippen LogP contribution is -2.13. The molecule has 3 aromatic rings. The second-order valence-electron chi connectivity index (χ2n) is 5.74. The molecule has 6 nitrogen and oxygen atoms in total. The molecule has 0 aliphatic rings. The highest BCUT2D eigenvalue weighted by atomic mass is 35.5. The summed E-state index contributed by atoms with van der Waals surface area (Å²) in [5, 5.41) is 5.01. The summed E-state index contributed by atoms with van der Waals surface area (Å²) in [5.41, 5.74) is 1.86. The lowest BCUT2D eigenvalue weighted by Gasteiger charge is -2.07. The minimum atomic E-state index is -3.72. The Bertz CT molecular complexity index is 997. The predicted octanol–water partition coefficient (Wildman–Crippen LogP) is 3.70. The van der Waals surface area contributed by atoms with Crippen molar-refractivity contribution in [1.82, 2.24) is 9.78 Å². The fourth-order valence-corrected chi connectivity index (χ4v) is 3.55. The molecule has 136 valence electrons. The van der Waals surface area contributed by atoms with Gasteiger partial charge in [-0.15, -0.1) is 0 Å². The smallest absolute Gasteiger partial charge is 0.263 e. The normalized spacial score (nSPS) is 11.3. The Balaban J connectivity index is 1.78. The number of ether oxygens (including phenoxy) is 1. The molecule has 8 heteroatoms. The SMILES string of the molecule is COc1ccc(S(=O)(=O)Nc2cc(C)n(Cc3ccc(Cl)cc3)n2)cc1. The van der Waals surface area contributed by atoms with E-state index in [0.29, 0.717) is 17.3 Å². The zero-order valence-electron chi connectivity index (χ0n) is 14.3. The van der Waals surface area contributed by atoms with Crippen LogP contribution in [0.1, 0.15) is 11.3 Å². The highest BCUT2D eigenvalue weighted by molar-refractivity contribution is 7.92. The first kappa shape index (κ1) is 18.3. The minimum Gasteiger partial charge on any atom is -0.497 e. The van der Waals surface area contributed by atoms with Crippen LogP contribution in [0.5, 0.6) is 5.75 Å². The van der Waals surface area contributed by atoms with Crippen molar-refractivity contribution in [1.29, 1.82) is 0 Å². The lowest BCUT2D eigenvalue weighted by molar-refractivity contribution is 0.414. The van der Waals surface area contributed by atoms with E-state index in [9.17, 15) is 8.42 Å². The molecule has 0 fully saturated rings. The van der Waals surface area contributed by atoms with Gasteiger partial charge in [-0.2, -0.15) is 5.10 Å². The van der Waals surface area contributed by atoms with Gasteiger partial charge in [-0.25, -0.2) is 8.42 Å². The molecule has 0 spiro atoms. The molecule has 0 unspecified atom stereocenters. The van der Waals surface area contributed by atoms with Crippen molar-refractivity contribution in [3.63, 3.8) is 0 Å². The van der Waals surface area contributed by atoms with Crippen LogP contribution < -0.4 is 9.46 Å². The van der Waals surface area contributed by atoms with Crippen LogP contribution in [0, 0.1) is 6.92 Å². The van der Waals surface area contributed by atoms with E-state index >= 15 is 0 Å². The average Bonchev–Trinajstić information content (AvgIpc) is 2.95. The molecule has 1 aromatic heterocycles. The van der Waals surface area contributed by atoms with Gasteiger partial charge in [0.15, 0.2) is 5.82 Å². The molecule has 0 saturated heterocycles. The topological polar surface area (TPSA) is 73.2 Å². The molecule has 2 aromatic carbocycles. The molecule has 1 N–H and O–H groups in total. The molecule has 0 aliphatic heterocycles. The first-order chi connectivity index (χ1) is 12.4. The van der Waals surface area contributed by atoms with Gasteiger partial charge in [0.25, 0.3) is 10.0 Å². The van der Waals surface area contributed by atoms with E-state index in [1.807, 2.05) is 31.2 Å². The molecule has 0 saturated carbocycles. The van der Waals surface area contributed by atoms with Gasteiger partial charge in [-0.05, 0) is 48.9 Å². The van der Waals surface area contributed by atoms with Gasteiger partial charge in [0.05, 0.1) is 18.6 Å². The second kappa shape index (κ2) is 7.39. The summed E-state index contributed by atoms with van der Waals surface area (Å²) in [4.78, 5) is 0.142. The first-order valence-corrected chi connectivity index (χ1v) is 9.69. The number of hydrogen-bond donors (Lipinski definition) is 1. The van der Waals surface area contributed by atoms with E-state index in [1.54, 1.807) is 22.9 Å². The number of methoxy groups -OCH3 is 1. The number of rotatable bonds is 6. The number of halogens is 1. The van der Waals surface area contributed by atoms with Crippen molar-refractivity contribution in [3.05, 3.63) is 70.9 Å². The summed E-state index contributed by atoms with van der Waals surface area (Å²) in [7, 11) is -2.19. The van der Waals surface area contributed by atoms with Gasteiger partial charge in [0.1, 0.15) is 5.75 Å². The fourth-order valence-electron chi connectivity index (χ4n) is 2.43. The Hall–Kier alpha value is -2.51. The zero-order chi connectivity index (χ0) is 18.7. The van der Waals surface area contributed by atoms with Gasteiger partial charge < -0.3 is 4.74 Å². The number of nitrogens with zero attached hydrogens (tertiary/aromatic N) is 2. The Morgan fingerprint density at radius 2 is 1.77 bits per heavy atom. The second-order valence-corrected chi connectivity index (χ2v) is 7.85. The molecular formula is C18H18ClN3O3S. The van der Waals surface area contributed by atoms with Gasteiger partial charge >= 0.3 is 0 Å². The maximum Gasteiger partial charge on any atom is 0.263 e.